The number of hydrogen-bond acceptors (Lipinski definition) is 1. The van der Waals surface area contributed by atoms with Crippen LogP contribution in [0, 0.1) is 11.8 Å². The van der Waals surface area contributed by atoms with Crippen molar-refractivity contribution in [1.82, 2.24) is 4.90 Å². The standard InChI is InChI=1S/C10H19F2N.C2H6/c1-7(2)10-8(6-9(11)12)4-5-13(10)3;1-2/h7-10H,4-6H2,1-3H3;1-2H3. The maximum absolute atomic E-state index is 12.2. The van der Waals surface area contributed by atoms with Crippen molar-refractivity contribution in [2.24, 2.45) is 11.8 Å². The van der Waals surface area contributed by atoms with Gasteiger partial charge in [-0.05, 0) is 31.8 Å². The lowest BCUT2D eigenvalue weighted by Gasteiger charge is -2.28. The van der Waals surface area contributed by atoms with Crippen LogP contribution in [0.2, 0.25) is 0 Å². The van der Waals surface area contributed by atoms with Crippen LogP contribution in [-0.4, -0.2) is 31.0 Å². The molecule has 2 atom stereocenters. The summed E-state index contributed by atoms with van der Waals surface area (Å²) in [6, 6.07) is 0.356. The van der Waals surface area contributed by atoms with Gasteiger partial charge in [-0.2, -0.15) is 0 Å². The van der Waals surface area contributed by atoms with Crippen LogP contribution in [0.1, 0.15) is 40.5 Å². The number of hydrogen-bond donors (Lipinski definition) is 0. The molecule has 3 heteroatoms. The molecule has 0 radical (unpaired) electrons. The second kappa shape index (κ2) is 7.15. The fraction of sp³-hybridized carbons (Fsp3) is 1.00. The van der Waals surface area contributed by atoms with E-state index in [1.807, 2.05) is 20.9 Å². The lowest BCUT2D eigenvalue weighted by Crippen LogP contribution is -2.34. The first-order chi connectivity index (χ1) is 7.02. The second-order valence-electron chi connectivity index (χ2n) is 4.39. The van der Waals surface area contributed by atoms with E-state index in [9.17, 15) is 8.78 Å². The van der Waals surface area contributed by atoms with Crippen molar-refractivity contribution in [3.05, 3.63) is 0 Å². The van der Waals surface area contributed by atoms with E-state index < -0.39 is 6.43 Å². The summed E-state index contributed by atoms with van der Waals surface area (Å²) in [5.74, 6) is 0.682. The summed E-state index contributed by atoms with van der Waals surface area (Å²) in [7, 11) is 2.04. The maximum Gasteiger partial charge on any atom is 0.239 e. The van der Waals surface area contributed by atoms with Crippen molar-refractivity contribution in [1.29, 1.82) is 0 Å². The summed E-state index contributed by atoms with van der Waals surface area (Å²) < 4.78 is 24.5. The molecule has 0 aromatic heterocycles. The average molecular weight is 221 g/mol. The third-order valence-corrected chi connectivity index (χ3v) is 3.01. The molecular formula is C12H25F2N. The predicted octanol–water partition coefficient (Wildman–Crippen LogP) is 3.64. The third kappa shape index (κ3) is 4.45. The Morgan fingerprint density at radius 3 is 2.20 bits per heavy atom. The van der Waals surface area contributed by atoms with Crippen LogP contribution in [-0.2, 0) is 0 Å². The molecule has 0 aliphatic carbocycles. The van der Waals surface area contributed by atoms with Gasteiger partial charge in [-0.3, -0.25) is 0 Å². The SMILES string of the molecule is CC.CC(C)C1C(CC(F)F)CCN1C. The van der Waals surface area contributed by atoms with E-state index >= 15 is 0 Å². The van der Waals surface area contributed by atoms with Crippen LogP contribution in [0.3, 0.4) is 0 Å². The van der Waals surface area contributed by atoms with Crippen molar-refractivity contribution in [3.63, 3.8) is 0 Å². The van der Waals surface area contributed by atoms with Gasteiger partial charge in [0.15, 0.2) is 0 Å². The summed E-state index contributed by atoms with van der Waals surface area (Å²) in [6.45, 7) is 9.20. The Hall–Kier alpha value is -0.180. The molecule has 0 bridgehead atoms. The van der Waals surface area contributed by atoms with Gasteiger partial charge in [0.1, 0.15) is 0 Å². The lowest BCUT2D eigenvalue weighted by molar-refractivity contribution is 0.0943. The van der Waals surface area contributed by atoms with Gasteiger partial charge < -0.3 is 4.90 Å². The fourth-order valence-corrected chi connectivity index (χ4v) is 2.59. The van der Waals surface area contributed by atoms with Gasteiger partial charge in [0.05, 0.1) is 0 Å². The Labute approximate surface area is 92.8 Å². The first kappa shape index (κ1) is 14.8. The minimum Gasteiger partial charge on any atom is -0.303 e. The van der Waals surface area contributed by atoms with Gasteiger partial charge in [0.2, 0.25) is 6.43 Å². The number of rotatable bonds is 3. The molecule has 1 rings (SSSR count). The summed E-state index contributed by atoms with van der Waals surface area (Å²) in [5, 5.41) is 0. The van der Waals surface area contributed by atoms with Gasteiger partial charge in [-0.1, -0.05) is 27.7 Å². The zero-order valence-corrected chi connectivity index (χ0v) is 10.6. The van der Waals surface area contributed by atoms with Gasteiger partial charge in [0, 0.05) is 12.5 Å². The van der Waals surface area contributed by atoms with Crippen LogP contribution in [0.4, 0.5) is 8.78 Å². The van der Waals surface area contributed by atoms with Crippen molar-refractivity contribution >= 4 is 0 Å². The van der Waals surface area contributed by atoms with Crippen molar-refractivity contribution in [2.45, 2.75) is 53.0 Å². The Kier molecular flexibility index (Phi) is 7.07. The monoisotopic (exact) mass is 221 g/mol. The smallest absolute Gasteiger partial charge is 0.239 e. The summed E-state index contributed by atoms with van der Waals surface area (Å²) in [5.41, 5.74) is 0. The first-order valence-electron chi connectivity index (χ1n) is 6.00. The molecule has 0 saturated carbocycles. The molecule has 2 unspecified atom stereocenters. The van der Waals surface area contributed by atoms with Gasteiger partial charge >= 0.3 is 0 Å². The Morgan fingerprint density at radius 1 is 1.27 bits per heavy atom. The minimum absolute atomic E-state index is 0.0766. The molecule has 1 fully saturated rings. The van der Waals surface area contributed by atoms with E-state index in [1.54, 1.807) is 0 Å². The Morgan fingerprint density at radius 2 is 1.80 bits per heavy atom. The molecule has 15 heavy (non-hydrogen) atoms. The van der Waals surface area contributed by atoms with Gasteiger partial charge in [-0.15, -0.1) is 0 Å². The highest BCUT2D eigenvalue weighted by Gasteiger charge is 2.35. The summed E-state index contributed by atoms with van der Waals surface area (Å²) in [6.07, 6.45) is -1.13. The molecule has 0 N–H and O–H groups in total. The number of halogens is 2. The molecule has 0 aromatic rings. The van der Waals surface area contributed by atoms with E-state index in [-0.39, 0.29) is 12.3 Å². The van der Waals surface area contributed by atoms with E-state index in [1.165, 1.54) is 0 Å². The van der Waals surface area contributed by atoms with Crippen LogP contribution in [0.15, 0.2) is 0 Å². The van der Waals surface area contributed by atoms with Crippen LogP contribution >= 0.6 is 0 Å². The van der Waals surface area contributed by atoms with E-state index in [0.717, 1.165) is 13.0 Å². The molecule has 1 heterocycles. The zero-order valence-electron chi connectivity index (χ0n) is 10.6. The quantitative estimate of drug-likeness (QED) is 0.703. The highest BCUT2D eigenvalue weighted by atomic mass is 19.3. The maximum atomic E-state index is 12.2. The van der Waals surface area contributed by atoms with Crippen LogP contribution in [0.5, 0.6) is 0 Å². The van der Waals surface area contributed by atoms with Crippen molar-refractivity contribution in [2.75, 3.05) is 13.6 Å². The highest BCUT2D eigenvalue weighted by molar-refractivity contribution is 4.87. The van der Waals surface area contributed by atoms with Gasteiger partial charge in [-0.25, -0.2) is 8.78 Å². The number of nitrogens with zero attached hydrogens (tertiary/aromatic N) is 1. The lowest BCUT2D eigenvalue weighted by atomic mass is 9.89. The van der Waals surface area contributed by atoms with Crippen LogP contribution in [0.25, 0.3) is 0 Å². The molecular weight excluding hydrogens is 196 g/mol. The normalized spacial score (nSPS) is 27.0. The Bertz CT molecular complexity index is 160. The molecule has 0 spiro atoms. The topological polar surface area (TPSA) is 3.24 Å². The number of likely N-dealkylation sites (tertiary alicyclic amines) is 1. The van der Waals surface area contributed by atoms with E-state index in [0.29, 0.717) is 12.0 Å². The molecule has 1 aliphatic rings. The number of alkyl halides is 2. The average Bonchev–Trinajstić information content (AvgIpc) is 2.49. The van der Waals surface area contributed by atoms with Gasteiger partial charge in [0.25, 0.3) is 0 Å². The first-order valence-corrected chi connectivity index (χ1v) is 6.00. The van der Waals surface area contributed by atoms with E-state index in [4.69, 9.17) is 0 Å². The molecule has 1 nitrogen and oxygen atoms in total. The largest absolute Gasteiger partial charge is 0.303 e. The summed E-state index contributed by atoms with van der Waals surface area (Å²) in [4.78, 5) is 2.22. The molecule has 0 amide bonds. The highest BCUT2D eigenvalue weighted by Crippen LogP contribution is 2.32. The van der Waals surface area contributed by atoms with Crippen molar-refractivity contribution in [3.8, 4) is 0 Å². The molecule has 1 saturated heterocycles. The fourth-order valence-electron chi connectivity index (χ4n) is 2.59. The molecule has 1 aliphatic heterocycles. The Balaban J connectivity index is 0.000000921. The second-order valence-corrected chi connectivity index (χ2v) is 4.39. The third-order valence-electron chi connectivity index (χ3n) is 3.01. The van der Waals surface area contributed by atoms with Crippen molar-refractivity contribution < 1.29 is 8.78 Å². The summed E-state index contributed by atoms with van der Waals surface area (Å²) >= 11 is 0. The molecule has 0 aromatic carbocycles. The minimum atomic E-state index is -2.14. The predicted molar refractivity (Wildman–Crippen MR) is 61.3 cm³/mol. The molecule has 92 valence electrons. The van der Waals surface area contributed by atoms with Crippen LogP contribution < -0.4 is 0 Å². The van der Waals surface area contributed by atoms with E-state index in [2.05, 4.69) is 18.7 Å². The zero-order chi connectivity index (χ0) is 12.0.